The van der Waals surface area contributed by atoms with Crippen molar-refractivity contribution in [3.63, 3.8) is 0 Å². The molecule has 0 heterocycles. The Morgan fingerprint density at radius 1 is 1.25 bits per heavy atom. The zero-order valence-corrected chi connectivity index (χ0v) is 10.9. The molecule has 6 heteroatoms. The third kappa shape index (κ3) is 3.83. The number of amides is 1. The fourth-order valence-corrected chi connectivity index (χ4v) is 2.00. The summed E-state index contributed by atoms with van der Waals surface area (Å²) < 4.78 is 0. The first-order valence-electron chi connectivity index (χ1n) is 4.69. The van der Waals surface area contributed by atoms with Crippen LogP contribution in [0.5, 0.6) is 0 Å². The van der Waals surface area contributed by atoms with Crippen LogP contribution in [-0.4, -0.2) is 19.0 Å². The van der Waals surface area contributed by atoms with Gasteiger partial charge in [0.25, 0.3) is 0 Å². The molecular weight excluding hydrogens is 270 g/mol. The van der Waals surface area contributed by atoms with Gasteiger partial charge in [0, 0.05) is 5.02 Å². The highest BCUT2D eigenvalue weighted by Crippen LogP contribution is 2.33. The SMILES string of the molecule is CCNCC(=O)Nc1c(Cl)cc(Cl)cc1Cl. The van der Waals surface area contributed by atoms with Gasteiger partial charge in [0.05, 0.1) is 22.3 Å². The van der Waals surface area contributed by atoms with Crippen molar-refractivity contribution in [2.24, 2.45) is 0 Å². The molecule has 16 heavy (non-hydrogen) atoms. The van der Waals surface area contributed by atoms with Crippen molar-refractivity contribution < 1.29 is 4.79 Å². The normalized spacial score (nSPS) is 10.2. The summed E-state index contributed by atoms with van der Waals surface area (Å²) in [4.78, 5) is 11.4. The molecule has 0 aromatic heterocycles. The van der Waals surface area contributed by atoms with Crippen molar-refractivity contribution >= 4 is 46.4 Å². The monoisotopic (exact) mass is 280 g/mol. The van der Waals surface area contributed by atoms with Gasteiger partial charge in [-0.15, -0.1) is 0 Å². The number of benzene rings is 1. The molecule has 0 unspecified atom stereocenters. The van der Waals surface area contributed by atoms with Crippen molar-refractivity contribution in [2.75, 3.05) is 18.4 Å². The molecule has 88 valence electrons. The van der Waals surface area contributed by atoms with E-state index in [1.807, 2.05) is 6.92 Å². The smallest absolute Gasteiger partial charge is 0.238 e. The summed E-state index contributed by atoms with van der Waals surface area (Å²) in [6, 6.07) is 3.05. The number of nitrogens with one attached hydrogen (secondary N) is 2. The Kier molecular flexibility index (Phi) is 5.35. The zero-order valence-electron chi connectivity index (χ0n) is 8.61. The molecule has 1 rings (SSSR count). The standard InChI is InChI=1S/C10H11Cl3N2O/c1-2-14-5-9(16)15-10-7(12)3-6(11)4-8(10)13/h3-4,14H,2,5H2,1H3,(H,15,16). The van der Waals surface area contributed by atoms with E-state index in [4.69, 9.17) is 34.8 Å². The largest absolute Gasteiger partial charge is 0.322 e. The lowest BCUT2D eigenvalue weighted by Gasteiger charge is -2.09. The number of carbonyl (C=O) groups excluding carboxylic acids is 1. The summed E-state index contributed by atoms with van der Waals surface area (Å²) >= 11 is 17.6. The molecular formula is C10H11Cl3N2O. The second-order valence-corrected chi connectivity index (χ2v) is 4.32. The maximum Gasteiger partial charge on any atom is 0.238 e. The van der Waals surface area contributed by atoms with Crippen molar-refractivity contribution in [3.05, 3.63) is 27.2 Å². The molecule has 0 aliphatic rings. The lowest BCUT2D eigenvalue weighted by atomic mass is 10.3. The van der Waals surface area contributed by atoms with Crippen LogP contribution < -0.4 is 10.6 Å². The fraction of sp³-hybridized carbons (Fsp3) is 0.300. The predicted octanol–water partition coefficient (Wildman–Crippen LogP) is 3.19. The Hall–Kier alpha value is -0.480. The van der Waals surface area contributed by atoms with Crippen LogP contribution in [0.4, 0.5) is 5.69 Å². The Balaban J connectivity index is 2.77. The fourth-order valence-electron chi connectivity index (χ4n) is 1.08. The van der Waals surface area contributed by atoms with E-state index in [9.17, 15) is 4.79 Å². The number of rotatable bonds is 4. The van der Waals surface area contributed by atoms with Gasteiger partial charge in [0.15, 0.2) is 0 Å². The average molecular weight is 282 g/mol. The summed E-state index contributed by atoms with van der Waals surface area (Å²) in [5, 5.41) is 6.58. The van der Waals surface area contributed by atoms with Crippen molar-refractivity contribution in [1.82, 2.24) is 5.32 Å². The predicted molar refractivity (Wildman–Crippen MR) is 68.6 cm³/mol. The van der Waals surface area contributed by atoms with Crippen LogP contribution in [-0.2, 0) is 4.79 Å². The van der Waals surface area contributed by atoms with Crippen LogP contribution >= 0.6 is 34.8 Å². The number of hydrogen-bond acceptors (Lipinski definition) is 2. The van der Waals surface area contributed by atoms with Gasteiger partial charge in [-0.1, -0.05) is 41.7 Å². The van der Waals surface area contributed by atoms with E-state index in [1.54, 1.807) is 0 Å². The molecule has 0 fully saturated rings. The number of anilines is 1. The van der Waals surface area contributed by atoms with Gasteiger partial charge in [0.2, 0.25) is 5.91 Å². The third-order valence-corrected chi connectivity index (χ3v) is 2.62. The average Bonchev–Trinajstić information content (AvgIpc) is 2.20. The van der Waals surface area contributed by atoms with Gasteiger partial charge >= 0.3 is 0 Å². The summed E-state index contributed by atoms with van der Waals surface area (Å²) in [7, 11) is 0. The topological polar surface area (TPSA) is 41.1 Å². The maximum atomic E-state index is 11.4. The molecule has 2 N–H and O–H groups in total. The molecule has 0 radical (unpaired) electrons. The van der Waals surface area contributed by atoms with Crippen molar-refractivity contribution in [3.8, 4) is 0 Å². The molecule has 1 aromatic carbocycles. The van der Waals surface area contributed by atoms with E-state index in [-0.39, 0.29) is 12.5 Å². The molecule has 0 aliphatic heterocycles. The van der Waals surface area contributed by atoms with Gasteiger partial charge in [0.1, 0.15) is 0 Å². The van der Waals surface area contributed by atoms with E-state index in [0.717, 1.165) is 6.54 Å². The lowest BCUT2D eigenvalue weighted by Crippen LogP contribution is -2.27. The van der Waals surface area contributed by atoms with Gasteiger partial charge in [-0.3, -0.25) is 4.79 Å². The molecule has 1 amide bonds. The number of likely N-dealkylation sites (N-methyl/N-ethyl adjacent to an activating group) is 1. The van der Waals surface area contributed by atoms with Crippen LogP contribution in [0, 0.1) is 0 Å². The molecule has 0 atom stereocenters. The van der Waals surface area contributed by atoms with Gasteiger partial charge in [-0.2, -0.15) is 0 Å². The summed E-state index contributed by atoms with van der Waals surface area (Å²) in [6.45, 7) is 2.84. The highest BCUT2D eigenvalue weighted by molar-refractivity contribution is 6.42. The highest BCUT2D eigenvalue weighted by Gasteiger charge is 2.10. The lowest BCUT2D eigenvalue weighted by molar-refractivity contribution is -0.115. The molecule has 0 spiro atoms. The van der Waals surface area contributed by atoms with Crippen molar-refractivity contribution in [1.29, 1.82) is 0 Å². The van der Waals surface area contributed by atoms with Gasteiger partial charge in [-0.05, 0) is 18.7 Å². The molecule has 0 aliphatic carbocycles. The van der Waals surface area contributed by atoms with Crippen molar-refractivity contribution in [2.45, 2.75) is 6.92 Å². The van der Waals surface area contributed by atoms with Crippen LogP contribution in [0.3, 0.4) is 0 Å². The Labute approximate surface area is 109 Å². The molecule has 0 saturated heterocycles. The van der Waals surface area contributed by atoms with Crippen LogP contribution in [0.25, 0.3) is 0 Å². The molecule has 0 saturated carbocycles. The molecule has 3 nitrogen and oxygen atoms in total. The van der Waals surface area contributed by atoms with E-state index >= 15 is 0 Å². The molecule has 0 bridgehead atoms. The highest BCUT2D eigenvalue weighted by atomic mass is 35.5. The second-order valence-electron chi connectivity index (χ2n) is 3.07. The van der Waals surface area contributed by atoms with Gasteiger partial charge in [-0.25, -0.2) is 0 Å². The van der Waals surface area contributed by atoms with Crippen LogP contribution in [0.1, 0.15) is 6.92 Å². The number of hydrogen-bond donors (Lipinski definition) is 2. The van der Waals surface area contributed by atoms with Crippen LogP contribution in [0.2, 0.25) is 15.1 Å². The first kappa shape index (κ1) is 13.6. The first-order chi connectivity index (χ1) is 7.54. The number of halogens is 3. The summed E-state index contributed by atoms with van der Waals surface area (Å²) in [5.41, 5.74) is 0.385. The summed E-state index contributed by atoms with van der Waals surface area (Å²) in [6.07, 6.45) is 0. The van der Waals surface area contributed by atoms with E-state index < -0.39 is 0 Å². The quantitative estimate of drug-likeness (QED) is 0.890. The number of carbonyl (C=O) groups is 1. The Morgan fingerprint density at radius 2 is 1.81 bits per heavy atom. The van der Waals surface area contributed by atoms with E-state index in [0.29, 0.717) is 20.8 Å². The summed E-state index contributed by atoms with van der Waals surface area (Å²) in [5.74, 6) is -0.201. The van der Waals surface area contributed by atoms with E-state index in [1.165, 1.54) is 12.1 Å². The minimum atomic E-state index is -0.201. The molecule has 1 aromatic rings. The second kappa shape index (κ2) is 6.30. The van der Waals surface area contributed by atoms with Gasteiger partial charge < -0.3 is 10.6 Å². The first-order valence-corrected chi connectivity index (χ1v) is 5.83. The third-order valence-electron chi connectivity index (χ3n) is 1.81. The Morgan fingerprint density at radius 3 is 2.31 bits per heavy atom. The Bertz CT molecular complexity index is 373. The van der Waals surface area contributed by atoms with Crippen LogP contribution in [0.15, 0.2) is 12.1 Å². The van der Waals surface area contributed by atoms with E-state index in [2.05, 4.69) is 10.6 Å². The minimum Gasteiger partial charge on any atom is -0.322 e. The minimum absolute atomic E-state index is 0.201. The zero-order chi connectivity index (χ0) is 12.1. The maximum absolute atomic E-state index is 11.4.